The van der Waals surface area contributed by atoms with Gasteiger partial charge in [-0.1, -0.05) is 11.6 Å². The molecule has 0 radical (unpaired) electrons. The smallest absolute Gasteiger partial charge is 0.263 e. The van der Waals surface area contributed by atoms with Crippen LogP contribution >= 0.6 is 27.5 Å². The van der Waals surface area contributed by atoms with Gasteiger partial charge in [0.25, 0.3) is 10.0 Å². The molecular weight excluding hydrogens is 390 g/mol. The topological polar surface area (TPSA) is 72.2 Å². The van der Waals surface area contributed by atoms with Crippen LogP contribution in [0.5, 0.6) is 0 Å². The van der Waals surface area contributed by atoms with E-state index in [4.69, 9.17) is 17.3 Å². The molecule has 0 saturated carbocycles. The summed E-state index contributed by atoms with van der Waals surface area (Å²) in [6.07, 6.45) is 0. The maximum absolute atomic E-state index is 13.2. The van der Waals surface area contributed by atoms with Crippen molar-refractivity contribution < 1.29 is 17.2 Å². The maximum Gasteiger partial charge on any atom is 0.263 e. The van der Waals surface area contributed by atoms with Crippen LogP contribution in [-0.2, 0) is 10.0 Å². The number of hydrogen-bond donors (Lipinski definition) is 2. The Kier molecular flexibility index (Phi) is 4.40. The molecular formula is C12H8BrClF2N2O2S. The minimum Gasteiger partial charge on any atom is -0.396 e. The molecule has 112 valence electrons. The Bertz CT molecular complexity index is 815. The number of nitrogens with two attached hydrogens (primary N) is 1. The van der Waals surface area contributed by atoms with Gasteiger partial charge in [-0.15, -0.1) is 0 Å². The third kappa shape index (κ3) is 3.45. The number of rotatable bonds is 3. The Morgan fingerprint density at radius 3 is 2.52 bits per heavy atom. The van der Waals surface area contributed by atoms with E-state index in [1.54, 1.807) is 0 Å². The molecule has 0 aliphatic heterocycles. The Labute approximate surface area is 133 Å². The van der Waals surface area contributed by atoms with Crippen molar-refractivity contribution in [2.75, 3.05) is 10.5 Å². The average Bonchev–Trinajstić information content (AvgIpc) is 2.37. The zero-order valence-corrected chi connectivity index (χ0v) is 13.4. The van der Waals surface area contributed by atoms with E-state index < -0.39 is 26.6 Å². The summed E-state index contributed by atoms with van der Waals surface area (Å²) in [6.45, 7) is 0. The summed E-state index contributed by atoms with van der Waals surface area (Å²) >= 11 is 8.81. The highest BCUT2D eigenvalue weighted by Crippen LogP contribution is 2.30. The second-order valence-electron chi connectivity index (χ2n) is 4.03. The van der Waals surface area contributed by atoms with Gasteiger partial charge in [-0.3, -0.25) is 4.72 Å². The van der Waals surface area contributed by atoms with Gasteiger partial charge < -0.3 is 5.73 Å². The predicted molar refractivity (Wildman–Crippen MR) is 80.7 cm³/mol. The molecule has 0 saturated heterocycles. The zero-order chi connectivity index (χ0) is 15.8. The standard InChI is InChI=1S/C12H8BrClF2N2O2S/c13-7-2-1-6(15)3-11(7)18-21(19,20)12-5-10(17)9(16)4-8(12)14/h1-5,18H,17H2. The minimum atomic E-state index is -4.15. The third-order valence-corrected chi connectivity index (χ3v) is 5.04. The molecule has 9 heteroatoms. The minimum absolute atomic E-state index is 0.0195. The van der Waals surface area contributed by atoms with Gasteiger partial charge in [-0.2, -0.15) is 0 Å². The van der Waals surface area contributed by atoms with Gasteiger partial charge in [0.05, 0.1) is 16.4 Å². The predicted octanol–water partition coefficient (Wildman–Crippen LogP) is 3.76. The van der Waals surface area contributed by atoms with Gasteiger partial charge in [0.1, 0.15) is 16.5 Å². The van der Waals surface area contributed by atoms with E-state index in [0.717, 1.165) is 24.3 Å². The van der Waals surface area contributed by atoms with Crippen LogP contribution in [0, 0.1) is 11.6 Å². The number of nitrogen functional groups attached to an aromatic ring is 1. The molecule has 0 heterocycles. The lowest BCUT2D eigenvalue weighted by Gasteiger charge is -2.12. The Balaban J connectivity index is 2.48. The van der Waals surface area contributed by atoms with Crippen molar-refractivity contribution >= 4 is 48.9 Å². The molecule has 0 aromatic heterocycles. The van der Waals surface area contributed by atoms with E-state index >= 15 is 0 Å². The fourth-order valence-corrected chi connectivity index (χ4v) is 3.62. The van der Waals surface area contributed by atoms with Crippen molar-refractivity contribution in [2.45, 2.75) is 4.90 Å². The van der Waals surface area contributed by atoms with Gasteiger partial charge in [-0.05, 0) is 46.3 Å². The molecule has 0 fully saturated rings. The average molecular weight is 398 g/mol. The van der Waals surface area contributed by atoms with Crippen molar-refractivity contribution in [1.82, 2.24) is 0 Å². The normalized spacial score (nSPS) is 11.4. The van der Waals surface area contributed by atoms with Gasteiger partial charge in [-0.25, -0.2) is 17.2 Å². The Hall–Kier alpha value is -1.38. The van der Waals surface area contributed by atoms with Crippen molar-refractivity contribution in [3.05, 3.63) is 51.5 Å². The lowest BCUT2D eigenvalue weighted by atomic mass is 10.3. The molecule has 21 heavy (non-hydrogen) atoms. The molecule has 0 aliphatic carbocycles. The lowest BCUT2D eigenvalue weighted by molar-refractivity contribution is 0.600. The van der Waals surface area contributed by atoms with Crippen LogP contribution in [0.15, 0.2) is 39.7 Å². The monoisotopic (exact) mass is 396 g/mol. The molecule has 0 unspecified atom stereocenters. The summed E-state index contributed by atoms with van der Waals surface area (Å²) in [5.74, 6) is -1.45. The van der Waals surface area contributed by atoms with E-state index in [1.807, 2.05) is 0 Å². The highest BCUT2D eigenvalue weighted by Gasteiger charge is 2.21. The van der Waals surface area contributed by atoms with Gasteiger partial charge in [0, 0.05) is 4.47 Å². The first-order chi connectivity index (χ1) is 9.70. The summed E-state index contributed by atoms with van der Waals surface area (Å²) in [4.78, 5) is -0.403. The first kappa shape index (κ1) is 16.0. The molecule has 0 spiro atoms. The molecule has 2 aromatic rings. The van der Waals surface area contributed by atoms with Gasteiger partial charge >= 0.3 is 0 Å². The van der Waals surface area contributed by atoms with E-state index in [0.29, 0.717) is 4.47 Å². The highest BCUT2D eigenvalue weighted by molar-refractivity contribution is 9.10. The molecule has 2 rings (SSSR count). The number of sulfonamides is 1. The molecule has 0 bridgehead atoms. The largest absolute Gasteiger partial charge is 0.396 e. The van der Waals surface area contributed by atoms with Crippen LogP contribution < -0.4 is 10.5 Å². The van der Waals surface area contributed by atoms with Crippen molar-refractivity contribution in [3.63, 3.8) is 0 Å². The van der Waals surface area contributed by atoms with Crippen LogP contribution in [-0.4, -0.2) is 8.42 Å². The van der Waals surface area contributed by atoms with Crippen LogP contribution in [0.1, 0.15) is 0 Å². The Morgan fingerprint density at radius 2 is 1.86 bits per heavy atom. The zero-order valence-electron chi connectivity index (χ0n) is 10.2. The first-order valence-electron chi connectivity index (χ1n) is 5.43. The molecule has 0 amide bonds. The summed E-state index contributed by atoms with van der Waals surface area (Å²) in [5, 5.41) is -0.332. The van der Waals surface area contributed by atoms with Crippen molar-refractivity contribution in [1.29, 1.82) is 0 Å². The van der Waals surface area contributed by atoms with E-state index in [2.05, 4.69) is 20.7 Å². The molecule has 0 aliphatic rings. The quantitative estimate of drug-likeness (QED) is 0.775. The van der Waals surface area contributed by atoms with E-state index in [1.165, 1.54) is 6.07 Å². The van der Waals surface area contributed by atoms with Gasteiger partial charge in [0.15, 0.2) is 0 Å². The van der Waals surface area contributed by atoms with Crippen LogP contribution in [0.25, 0.3) is 0 Å². The second kappa shape index (κ2) is 5.78. The number of nitrogens with one attached hydrogen (secondary N) is 1. The lowest BCUT2D eigenvalue weighted by Crippen LogP contribution is -2.14. The number of halogens is 4. The van der Waals surface area contributed by atoms with E-state index in [-0.39, 0.29) is 16.4 Å². The summed E-state index contributed by atoms with van der Waals surface area (Å²) in [7, 11) is -4.15. The number of benzene rings is 2. The molecule has 0 atom stereocenters. The maximum atomic E-state index is 13.2. The van der Waals surface area contributed by atoms with Crippen LogP contribution in [0.3, 0.4) is 0 Å². The second-order valence-corrected chi connectivity index (χ2v) is 6.95. The molecule has 2 aromatic carbocycles. The fourth-order valence-electron chi connectivity index (χ4n) is 1.53. The SMILES string of the molecule is Nc1cc(S(=O)(=O)Nc2cc(F)ccc2Br)c(Cl)cc1F. The summed E-state index contributed by atoms with van der Waals surface area (Å²) < 4.78 is 53.3. The van der Waals surface area contributed by atoms with Crippen LogP contribution in [0.2, 0.25) is 5.02 Å². The summed E-state index contributed by atoms with van der Waals surface area (Å²) in [5.41, 5.74) is 4.96. The number of hydrogen-bond acceptors (Lipinski definition) is 3. The summed E-state index contributed by atoms with van der Waals surface area (Å²) in [6, 6.07) is 5.18. The van der Waals surface area contributed by atoms with E-state index in [9.17, 15) is 17.2 Å². The fraction of sp³-hybridized carbons (Fsp3) is 0. The number of anilines is 2. The third-order valence-electron chi connectivity index (χ3n) is 2.51. The first-order valence-corrected chi connectivity index (χ1v) is 8.08. The van der Waals surface area contributed by atoms with Crippen molar-refractivity contribution in [3.8, 4) is 0 Å². The molecule has 3 N–H and O–H groups in total. The van der Waals surface area contributed by atoms with Crippen LogP contribution in [0.4, 0.5) is 20.2 Å². The Morgan fingerprint density at radius 1 is 1.19 bits per heavy atom. The highest BCUT2D eigenvalue weighted by atomic mass is 79.9. The van der Waals surface area contributed by atoms with Gasteiger partial charge in [0.2, 0.25) is 0 Å². The van der Waals surface area contributed by atoms with Crippen molar-refractivity contribution in [2.24, 2.45) is 0 Å². The molecule has 4 nitrogen and oxygen atoms in total.